The van der Waals surface area contributed by atoms with Crippen LogP contribution in [0, 0.1) is 12.7 Å². The smallest absolute Gasteiger partial charge is 0.308 e. The monoisotopic (exact) mass is 429 g/mol. The maximum Gasteiger partial charge on any atom is 0.308 e. The molecule has 10 heteroatoms. The SMILES string of the molecule is COc1cc2c(OC(C)=O)c(C)n(C(=O)c3csc(SC(F)F)c3)c2cc1F. The Balaban J connectivity index is 2.18. The molecule has 0 unspecified atom stereocenters. The Bertz CT molecular complexity index is 1070. The van der Waals surface area contributed by atoms with Crippen molar-refractivity contribution in [2.75, 3.05) is 7.11 Å². The number of ether oxygens (including phenoxy) is 2. The summed E-state index contributed by atoms with van der Waals surface area (Å²) < 4.78 is 51.0. The van der Waals surface area contributed by atoms with Crippen molar-refractivity contribution in [2.45, 2.75) is 23.8 Å². The van der Waals surface area contributed by atoms with E-state index in [0.29, 0.717) is 17.1 Å². The molecule has 0 fully saturated rings. The van der Waals surface area contributed by atoms with Gasteiger partial charge in [-0.3, -0.25) is 14.2 Å². The molecule has 1 aromatic carbocycles. The van der Waals surface area contributed by atoms with Gasteiger partial charge in [0.15, 0.2) is 17.3 Å². The largest absolute Gasteiger partial charge is 0.494 e. The van der Waals surface area contributed by atoms with Gasteiger partial charge < -0.3 is 9.47 Å². The number of nitrogens with zero attached hydrogens (tertiary/aromatic N) is 1. The Hall–Kier alpha value is -2.46. The maximum absolute atomic E-state index is 14.3. The van der Waals surface area contributed by atoms with Crippen LogP contribution in [0.15, 0.2) is 27.8 Å². The molecule has 3 rings (SSSR count). The number of thiophene rings is 1. The molecule has 0 bridgehead atoms. The van der Waals surface area contributed by atoms with Gasteiger partial charge in [0.25, 0.3) is 11.7 Å². The highest BCUT2D eigenvalue weighted by molar-refractivity contribution is 8.01. The van der Waals surface area contributed by atoms with E-state index in [-0.39, 0.29) is 32.5 Å². The summed E-state index contributed by atoms with van der Waals surface area (Å²) in [6, 6.07) is 3.79. The molecule has 0 aliphatic carbocycles. The minimum Gasteiger partial charge on any atom is -0.494 e. The molecule has 0 saturated carbocycles. The number of hydrogen-bond acceptors (Lipinski definition) is 6. The van der Waals surface area contributed by atoms with Gasteiger partial charge >= 0.3 is 5.97 Å². The van der Waals surface area contributed by atoms with Crippen LogP contribution in [0.25, 0.3) is 10.9 Å². The van der Waals surface area contributed by atoms with Crippen molar-refractivity contribution >= 4 is 45.9 Å². The first-order valence-electron chi connectivity index (χ1n) is 7.88. The molecule has 0 atom stereocenters. The first kappa shape index (κ1) is 20.3. The summed E-state index contributed by atoms with van der Waals surface area (Å²) in [4.78, 5) is 24.5. The summed E-state index contributed by atoms with van der Waals surface area (Å²) in [5, 5.41) is 1.76. The lowest BCUT2D eigenvalue weighted by molar-refractivity contribution is -0.131. The Kier molecular flexibility index (Phi) is 5.71. The average Bonchev–Trinajstić information content (AvgIpc) is 3.16. The fourth-order valence-electron chi connectivity index (χ4n) is 2.79. The fourth-order valence-corrected chi connectivity index (χ4v) is 4.35. The second-order valence-corrected chi connectivity index (χ2v) is 7.89. The highest BCUT2D eigenvalue weighted by atomic mass is 32.2. The Morgan fingerprint density at radius 1 is 1.25 bits per heavy atom. The summed E-state index contributed by atoms with van der Waals surface area (Å²) in [5.41, 5.74) is 0.613. The molecule has 0 saturated heterocycles. The van der Waals surface area contributed by atoms with Gasteiger partial charge in [0, 0.05) is 23.8 Å². The third kappa shape index (κ3) is 3.74. The molecule has 5 nitrogen and oxygen atoms in total. The molecular formula is C18H14F3NO4S2. The normalized spacial score (nSPS) is 11.2. The first-order valence-corrected chi connectivity index (χ1v) is 9.63. The number of carbonyl (C=O) groups excluding carboxylic acids is 2. The van der Waals surface area contributed by atoms with Crippen molar-refractivity contribution in [3.05, 3.63) is 40.7 Å². The van der Waals surface area contributed by atoms with Gasteiger partial charge in [0.2, 0.25) is 0 Å². The van der Waals surface area contributed by atoms with Crippen molar-refractivity contribution in [1.82, 2.24) is 4.57 Å². The number of halogens is 3. The molecule has 0 aliphatic rings. The van der Waals surface area contributed by atoms with Crippen LogP contribution in [0.5, 0.6) is 11.5 Å². The molecule has 0 radical (unpaired) electrons. The molecule has 0 N–H and O–H groups in total. The number of esters is 1. The summed E-state index contributed by atoms with van der Waals surface area (Å²) >= 11 is 1.35. The van der Waals surface area contributed by atoms with E-state index in [2.05, 4.69) is 0 Å². The molecular weight excluding hydrogens is 415 g/mol. The number of benzene rings is 1. The van der Waals surface area contributed by atoms with E-state index in [0.717, 1.165) is 17.4 Å². The first-order chi connectivity index (χ1) is 13.2. The second kappa shape index (κ2) is 7.88. The predicted octanol–water partition coefficient (Wildman–Crippen LogP) is 5.09. The lowest BCUT2D eigenvalue weighted by Gasteiger charge is -2.06. The zero-order chi connectivity index (χ0) is 20.6. The lowest BCUT2D eigenvalue weighted by Crippen LogP contribution is -2.13. The Morgan fingerprint density at radius 3 is 2.57 bits per heavy atom. The second-order valence-electron chi connectivity index (χ2n) is 5.69. The van der Waals surface area contributed by atoms with E-state index >= 15 is 0 Å². The minimum atomic E-state index is -2.60. The number of aromatic nitrogens is 1. The standard InChI is InChI=1S/C18H14F3NO4S2/c1-8-16(26-9(2)23)11-5-14(25-3)12(19)6-13(11)22(8)17(24)10-4-15(27-7-10)28-18(20)21/h4-7,18H,1-3H3. The number of thioether (sulfide) groups is 1. The van der Waals surface area contributed by atoms with Crippen molar-refractivity contribution in [1.29, 1.82) is 0 Å². The average molecular weight is 429 g/mol. The molecule has 3 aromatic rings. The van der Waals surface area contributed by atoms with Gasteiger partial charge in [-0.15, -0.1) is 11.3 Å². The van der Waals surface area contributed by atoms with Crippen LogP contribution < -0.4 is 9.47 Å². The van der Waals surface area contributed by atoms with E-state index in [1.807, 2.05) is 0 Å². The highest BCUT2D eigenvalue weighted by Crippen LogP contribution is 2.38. The van der Waals surface area contributed by atoms with E-state index in [4.69, 9.17) is 9.47 Å². The fraction of sp³-hybridized carbons (Fsp3) is 0.222. The van der Waals surface area contributed by atoms with Crippen molar-refractivity contribution in [3.8, 4) is 11.5 Å². The number of carbonyl (C=O) groups is 2. The van der Waals surface area contributed by atoms with Crippen LogP contribution >= 0.6 is 23.1 Å². The predicted molar refractivity (Wildman–Crippen MR) is 100 cm³/mol. The van der Waals surface area contributed by atoms with Crippen molar-refractivity contribution < 1.29 is 32.2 Å². The Labute approximate surface area is 166 Å². The zero-order valence-corrected chi connectivity index (χ0v) is 16.6. The number of rotatable bonds is 5. The van der Waals surface area contributed by atoms with E-state index in [1.165, 1.54) is 36.1 Å². The van der Waals surface area contributed by atoms with Crippen molar-refractivity contribution in [2.24, 2.45) is 0 Å². The van der Waals surface area contributed by atoms with E-state index in [1.54, 1.807) is 6.92 Å². The highest BCUT2D eigenvalue weighted by Gasteiger charge is 2.25. The zero-order valence-electron chi connectivity index (χ0n) is 14.9. The molecule has 0 aliphatic heterocycles. The minimum absolute atomic E-state index is 0.0725. The van der Waals surface area contributed by atoms with Gasteiger partial charge in [-0.1, -0.05) is 0 Å². The van der Waals surface area contributed by atoms with Gasteiger partial charge in [-0.2, -0.15) is 8.78 Å². The Morgan fingerprint density at radius 2 is 1.96 bits per heavy atom. The van der Waals surface area contributed by atoms with Gasteiger partial charge in [0.05, 0.1) is 28.1 Å². The van der Waals surface area contributed by atoms with Gasteiger partial charge in [0.1, 0.15) is 0 Å². The molecule has 28 heavy (non-hydrogen) atoms. The summed E-state index contributed by atoms with van der Waals surface area (Å²) in [5.74, 6) is -4.43. The number of methoxy groups -OCH3 is 1. The summed E-state index contributed by atoms with van der Waals surface area (Å²) in [7, 11) is 1.29. The van der Waals surface area contributed by atoms with Crippen LogP contribution in [0.1, 0.15) is 23.0 Å². The van der Waals surface area contributed by atoms with Crippen LogP contribution in [-0.4, -0.2) is 29.3 Å². The van der Waals surface area contributed by atoms with Crippen LogP contribution in [0.3, 0.4) is 0 Å². The van der Waals surface area contributed by atoms with E-state index < -0.39 is 23.5 Å². The lowest BCUT2D eigenvalue weighted by atomic mass is 10.2. The molecule has 148 valence electrons. The number of alkyl halides is 2. The quantitative estimate of drug-likeness (QED) is 0.418. The molecule has 0 amide bonds. The van der Waals surface area contributed by atoms with Crippen LogP contribution in [-0.2, 0) is 4.79 Å². The number of fused-ring (bicyclic) bond motifs is 1. The van der Waals surface area contributed by atoms with Crippen LogP contribution in [0.2, 0.25) is 0 Å². The topological polar surface area (TPSA) is 57.5 Å². The molecule has 2 heterocycles. The van der Waals surface area contributed by atoms with Gasteiger partial charge in [-0.25, -0.2) is 4.39 Å². The maximum atomic E-state index is 14.3. The number of hydrogen-bond donors (Lipinski definition) is 0. The van der Waals surface area contributed by atoms with Gasteiger partial charge in [-0.05, 0) is 30.8 Å². The van der Waals surface area contributed by atoms with E-state index in [9.17, 15) is 22.8 Å². The van der Waals surface area contributed by atoms with Crippen LogP contribution in [0.4, 0.5) is 13.2 Å². The summed E-state index contributed by atoms with van der Waals surface area (Å²) in [6.45, 7) is 2.75. The summed E-state index contributed by atoms with van der Waals surface area (Å²) in [6.07, 6.45) is 0. The van der Waals surface area contributed by atoms with Crippen molar-refractivity contribution in [3.63, 3.8) is 0 Å². The third-order valence-corrected chi connectivity index (χ3v) is 5.72. The third-order valence-electron chi connectivity index (χ3n) is 3.90. The molecule has 2 aromatic heterocycles. The molecule has 0 spiro atoms.